The fourth-order valence-electron chi connectivity index (χ4n) is 3.44. The Morgan fingerprint density at radius 3 is 2.53 bits per heavy atom. The SMILES string of the molecule is CCN(CC)S(=O)(=O)c1ccc(C)c(NC(=O)COC(=O)CCn2c(=O)oc3ccccc32)c1. The average molecular weight is 490 g/mol. The molecule has 3 aromatic rings. The number of ether oxygens (including phenoxy) is 1. The van der Waals surface area contributed by atoms with Crippen LogP contribution in [-0.2, 0) is 30.9 Å². The van der Waals surface area contributed by atoms with E-state index in [1.807, 2.05) is 0 Å². The molecule has 1 N–H and O–H groups in total. The Kier molecular flexibility index (Phi) is 7.90. The highest BCUT2D eigenvalue weighted by atomic mass is 32.2. The molecule has 1 amide bonds. The number of sulfonamides is 1. The Labute approximate surface area is 197 Å². The Morgan fingerprint density at radius 2 is 1.82 bits per heavy atom. The molecule has 0 unspecified atom stereocenters. The number of aryl methyl sites for hydroxylation is 2. The molecule has 0 aliphatic carbocycles. The minimum atomic E-state index is -3.69. The smallest absolute Gasteiger partial charge is 0.419 e. The van der Waals surface area contributed by atoms with Crippen molar-refractivity contribution in [2.45, 2.75) is 38.6 Å². The summed E-state index contributed by atoms with van der Waals surface area (Å²) in [4.78, 5) is 36.5. The number of hydrogen-bond acceptors (Lipinski definition) is 7. The molecule has 0 bridgehead atoms. The largest absolute Gasteiger partial charge is 0.456 e. The molecule has 0 atom stereocenters. The van der Waals surface area contributed by atoms with Gasteiger partial charge in [0.2, 0.25) is 10.0 Å². The summed E-state index contributed by atoms with van der Waals surface area (Å²) in [5.74, 6) is -1.86. The molecule has 1 aromatic heterocycles. The van der Waals surface area contributed by atoms with Gasteiger partial charge < -0.3 is 14.5 Å². The summed E-state index contributed by atoms with van der Waals surface area (Å²) < 4.78 is 38.3. The normalized spacial score (nSPS) is 11.6. The monoisotopic (exact) mass is 489 g/mol. The van der Waals surface area contributed by atoms with Crippen LogP contribution in [0.1, 0.15) is 25.8 Å². The van der Waals surface area contributed by atoms with Crippen molar-refractivity contribution in [1.29, 1.82) is 0 Å². The van der Waals surface area contributed by atoms with Gasteiger partial charge in [0.1, 0.15) is 0 Å². The van der Waals surface area contributed by atoms with Gasteiger partial charge in [0.05, 0.1) is 16.8 Å². The second-order valence-corrected chi connectivity index (χ2v) is 9.45. The number of carbonyl (C=O) groups excluding carboxylic acids is 2. The summed E-state index contributed by atoms with van der Waals surface area (Å²) >= 11 is 0. The molecule has 0 spiro atoms. The molecule has 10 nitrogen and oxygen atoms in total. The second kappa shape index (κ2) is 10.7. The highest BCUT2D eigenvalue weighted by Gasteiger charge is 2.22. The van der Waals surface area contributed by atoms with Gasteiger partial charge in [0.15, 0.2) is 12.2 Å². The van der Waals surface area contributed by atoms with Crippen LogP contribution >= 0.6 is 0 Å². The van der Waals surface area contributed by atoms with Crippen molar-refractivity contribution in [1.82, 2.24) is 8.87 Å². The van der Waals surface area contributed by atoms with Crippen LogP contribution < -0.4 is 11.1 Å². The Balaban J connectivity index is 1.59. The first-order valence-corrected chi connectivity index (χ1v) is 12.3. The molecular formula is C23H27N3O7S. The van der Waals surface area contributed by atoms with Crippen LogP contribution in [0.5, 0.6) is 0 Å². The number of nitrogens with one attached hydrogen (secondary N) is 1. The van der Waals surface area contributed by atoms with Crippen molar-refractivity contribution in [3.05, 3.63) is 58.6 Å². The number of para-hydroxylation sites is 2. The molecule has 2 aromatic carbocycles. The first kappa shape index (κ1) is 25.2. The highest BCUT2D eigenvalue weighted by Crippen LogP contribution is 2.23. The third kappa shape index (κ3) is 5.54. The van der Waals surface area contributed by atoms with Crippen molar-refractivity contribution in [3.63, 3.8) is 0 Å². The standard InChI is InChI=1S/C23H27N3O7S/c1-4-25(5-2)34(30,31)17-11-10-16(3)18(14-17)24-21(27)15-32-22(28)12-13-26-19-8-6-7-9-20(19)33-23(26)29/h6-11,14H,4-5,12-13,15H2,1-3H3,(H,24,27). The maximum Gasteiger partial charge on any atom is 0.419 e. The summed E-state index contributed by atoms with van der Waals surface area (Å²) in [6.07, 6.45) is -0.132. The quantitative estimate of drug-likeness (QED) is 0.433. The van der Waals surface area contributed by atoms with Crippen molar-refractivity contribution >= 4 is 38.7 Å². The molecule has 34 heavy (non-hydrogen) atoms. The highest BCUT2D eigenvalue weighted by molar-refractivity contribution is 7.89. The van der Waals surface area contributed by atoms with Gasteiger partial charge in [-0.15, -0.1) is 0 Å². The van der Waals surface area contributed by atoms with E-state index in [1.54, 1.807) is 51.1 Å². The lowest BCUT2D eigenvalue weighted by molar-refractivity contribution is -0.147. The molecule has 0 fully saturated rings. The number of hydrogen-bond donors (Lipinski definition) is 1. The minimum Gasteiger partial charge on any atom is -0.456 e. The van der Waals surface area contributed by atoms with E-state index in [1.165, 1.54) is 21.0 Å². The number of esters is 1. The van der Waals surface area contributed by atoms with E-state index in [9.17, 15) is 22.8 Å². The summed E-state index contributed by atoms with van der Waals surface area (Å²) in [5, 5.41) is 2.59. The lowest BCUT2D eigenvalue weighted by Gasteiger charge is -2.19. The van der Waals surface area contributed by atoms with Crippen LogP contribution in [-0.4, -0.2) is 48.9 Å². The molecule has 0 aliphatic heterocycles. The van der Waals surface area contributed by atoms with Gasteiger partial charge in [-0.1, -0.05) is 32.0 Å². The predicted molar refractivity (Wildman–Crippen MR) is 126 cm³/mol. The first-order valence-electron chi connectivity index (χ1n) is 10.8. The molecule has 1 heterocycles. The molecule has 182 valence electrons. The van der Waals surface area contributed by atoms with E-state index in [-0.39, 0.29) is 17.9 Å². The fraction of sp³-hybridized carbons (Fsp3) is 0.348. The maximum absolute atomic E-state index is 12.7. The van der Waals surface area contributed by atoms with Crippen molar-refractivity contribution < 1.29 is 27.2 Å². The minimum absolute atomic E-state index is 0.0423. The number of fused-ring (bicyclic) bond motifs is 1. The summed E-state index contributed by atoms with van der Waals surface area (Å²) in [6, 6.07) is 11.3. The van der Waals surface area contributed by atoms with Crippen LogP contribution in [0, 0.1) is 6.92 Å². The zero-order valence-corrected chi connectivity index (χ0v) is 20.1. The number of rotatable bonds is 10. The summed E-state index contributed by atoms with van der Waals surface area (Å²) in [5.41, 5.74) is 1.95. The zero-order valence-electron chi connectivity index (χ0n) is 19.2. The molecule has 3 rings (SSSR count). The van der Waals surface area contributed by atoms with Gasteiger partial charge in [-0.2, -0.15) is 4.31 Å². The predicted octanol–water partition coefficient (Wildman–Crippen LogP) is 2.51. The second-order valence-electron chi connectivity index (χ2n) is 7.51. The Hall–Kier alpha value is -3.44. The van der Waals surface area contributed by atoms with Gasteiger partial charge in [-0.25, -0.2) is 13.2 Å². The van der Waals surface area contributed by atoms with E-state index >= 15 is 0 Å². The number of aromatic nitrogens is 1. The van der Waals surface area contributed by atoms with Crippen LogP contribution in [0.4, 0.5) is 5.69 Å². The zero-order chi connectivity index (χ0) is 24.9. The third-order valence-electron chi connectivity index (χ3n) is 5.30. The number of nitrogens with zero attached hydrogens (tertiary/aromatic N) is 2. The van der Waals surface area contributed by atoms with Crippen LogP contribution in [0.3, 0.4) is 0 Å². The van der Waals surface area contributed by atoms with Crippen LogP contribution in [0.2, 0.25) is 0 Å². The fourth-order valence-corrected chi connectivity index (χ4v) is 4.93. The molecule has 0 radical (unpaired) electrons. The van der Waals surface area contributed by atoms with E-state index in [0.29, 0.717) is 35.4 Å². The Morgan fingerprint density at radius 1 is 1.12 bits per heavy atom. The lowest BCUT2D eigenvalue weighted by atomic mass is 10.2. The summed E-state index contributed by atoms with van der Waals surface area (Å²) in [6.45, 7) is 5.36. The molecule has 0 aliphatic rings. The topological polar surface area (TPSA) is 128 Å². The van der Waals surface area contributed by atoms with Crippen molar-refractivity contribution in [2.24, 2.45) is 0 Å². The van der Waals surface area contributed by atoms with Gasteiger partial charge >= 0.3 is 11.7 Å². The number of benzene rings is 2. The Bertz CT molecular complexity index is 1350. The average Bonchev–Trinajstić information content (AvgIpc) is 3.13. The van der Waals surface area contributed by atoms with Crippen molar-refractivity contribution in [2.75, 3.05) is 25.0 Å². The number of oxazole rings is 1. The third-order valence-corrected chi connectivity index (χ3v) is 7.35. The van der Waals surface area contributed by atoms with Gasteiger partial charge in [-0.05, 0) is 36.8 Å². The van der Waals surface area contributed by atoms with E-state index in [4.69, 9.17) is 9.15 Å². The first-order chi connectivity index (χ1) is 16.2. The van der Waals surface area contributed by atoms with Crippen molar-refractivity contribution in [3.8, 4) is 0 Å². The number of anilines is 1. The van der Waals surface area contributed by atoms with Gasteiger partial charge in [0.25, 0.3) is 5.91 Å². The molecule has 0 saturated heterocycles. The van der Waals surface area contributed by atoms with E-state index in [0.717, 1.165) is 0 Å². The van der Waals surface area contributed by atoms with Crippen LogP contribution in [0.15, 0.2) is 56.6 Å². The maximum atomic E-state index is 12.7. The van der Waals surface area contributed by atoms with E-state index in [2.05, 4.69) is 5.32 Å². The molecule has 11 heteroatoms. The van der Waals surface area contributed by atoms with Crippen LogP contribution in [0.25, 0.3) is 11.1 Å². The lowest BCUT2D eigenvalue weighted by Crippen LogP contribution is -2.30. The number of carbonyl (C=O) groups is 2. The molecular weight excluding hydrogens is 462 g/mol. The van der Waals surface area contributed by atoms with E-state index < -0.39 is 34.3 Å². The number of amides is 1. The van der Waals surface area contributed by atoms with Gasteiger partial charge in [0, 0.05) is 25.3 Å². The van der Waals surface area contributed by atoms with Gasteiger partial charge in [-0.3, -0.25) is 14.2 Å². The molecule has 0 saturated carbocycles. The summed E-state index contributed by atoms with van der Waals surface area (Å²) in [7, 11) is -3.69.